The predicted molar refractivity (Wildman–Crippen MR) is 71.5 cm³/mol. The number of anilines is 1. The van der Waals surface area contributed by atoms with E-state index in [0.29, 0.717) is 0 Å². The number of fused-ring (bicyclic) bond motifs is 1. The first kappa shape index (κ1) is 11.5. The van der Waals surface area contributed by atoms with Crippen molar-refractivity contribution < 1.29 is 0 Å². The fourth-order valence-corrected chi connectivity index (χ4v) is 2.84. The largest absolute Gasteiger partial charge is 0.374 e. The third-order valence-electron chi connectivity index (χ3n) is 3.71. The molecule has 1 aromatic carbocycles. The summed E-state index contributed by atoms with van der Waals surface area (Å²) in [6.07, 6.45) is 2.54. The molecule has 0 aromatic heterocycles. The highest BCUT2D eigenvalue weighted by molar-refractivity contribution is 5.60. The van der Waals surface area contributed by atoms with Gasteiger partial charge >= 0.3 is 0 Å². The molecule has 1 heterocycles. The second-order valence-corrected chi connectivity index (χ2v) is 6.01. The highest BCUT2D eigenvalue weighted by Crippen LogP contribution is 2.35. The maximum absolute atomic E-state index is 2.39. The van der Waals surface area contributed by atoms with Gasteiger partial charge in [-0.1, -0.05) is 26.8 Å². The number of benzene rings is 1. The van der Waals surface area contributed by atoms with Crippen LogP contribution in [0.25, 0.3) is 0 Å². The van der Waals surface area contributed by atoms with E-state index in [-0.39, 0.29) is 5.41 Å². The van der Waals surface area contributed by atoms with Crippen LogP contribution in [0.4, 0.5) is 5.69 Å². The zero-order chi connectivity index (χ0) is 11.9. The minimum absolute atomic E-state index is 0.259. The summed E-state index contributed by atoms with van der Waals surface area (Å²) in [5.74, 6) is 0. The molecule has 16 heavy (non-hydrogen) atoms. The van der Waals surface area contributed by atoms with Gasteiger partial charge in [0.15, 0.2) is 0 Å². The van der Waals surface area contributed by atoms with E-state index < -0.39 is 0 Å². The predicted octanol–water partition coefficient (Wildman–Crippen LogP) is 3.67. The molecule has 0 saturated carbocycles. The molecule has 1 aromatic rings. The minimum atomic E-state index is 0.259. The second-order valence-electron chi connectivity index (χ2n) is 6.01. The molecule has 1 nitrogen and oxygen atoms in total. The van der Waals surface area contributed by atoms with Gasteiger partial charge in [0.05, 0.1) is 0 Å². The lowest BCUT2D eigenvalue weighted by Gasteiger charge is -2.32. The first-order chi connectivity index (χ1) is 7.41. The topological polar surface area (TPSA) is 3.24 Å². The Morgan fingerprint density at radius 2 is 1.88 bits per heavy atom. The van der Waals surface area contributed by atoms with E-state index in [0.717, 1.165) is 0 Å². The summed E-state index contributed by atoms with van der Waals surface area (Å²) in [5.41, 5.74) is 6.28. The Hall–Kier alpha value is -0.980. The molecule has 0 atom stereocenters. The molecule has 0 N–H and O–H groups in total. The van der Waals surface area contributed by atoms with E-state index in [9.17, 15) is 0 Å². The molecule has 0 amide bonds. The van der Waals surface area contributed by atoms with Gasteiger partial charge in [0.1, 0.15) is 0 Å². The second kappa shape index (κ2) is 3.80. The molecule has 0 radical (unpaired) electrons. The third kappa shape index (κ3) is 1.83. The quantitative estimate of drug-likeness (QED) is 0.641. The average molecular weight is 217 g/mol. The van der Waals surface area contributed by atoms with Crippen LogP contribution in [-0.4, -0.2) is 13.6 Å². The molecule has 0 fully saturated rings. The van der Waals surface area contributed by atoms with Crippen molar-refractivity contribution in [2.45, 2.75) is 46.0 Å². The number of nitrogens with zero attached hydrogens (tertiary/aromatic N) is 1. The summed E-state index contributed by atoms with van der Waals surface area (Å²) >= 11 is 0. The SMILES string of the molecule is Cc1c(C(C)(C)C)ccc2c1CCCN2C. The molecule has 0 spiro atoms. The van der Waals surface area contributed by atoms with Crippen LogP contribution < -0.4 is 4.90 Å². The van der Waals surface area contributed by atoms with Crippen molar-refractivity contribution in [3.8, 4) is 0 Å². The van der Waals surface area contributed by atoms with Crippen molar-refractivity contribution in [1.82, 2.24) is 0 Å². The molecule has 0 saturated heterocycles. The Morgan fingerprint density at radius 3 is 2.50 bits per heavy atom. The van der Waals surface area contributed by atoms with Gasteiger partial charge in [-0.25, -0.2) is 0 Å². The molecule has 1 aliphatic heterocycles. The van der Waals surface area contributed by atoms with Gasteiger partial charge in [0, 0.05) is 19.3 Å². The zero-order valence-electron chi connectivity index (χ0n) is 11.2. The lowest BCUT2D eigenvalue weighted by atomic mass is 9.81. The van der Waals surface area contributed by atoms with Crippen molar-refractivity contribution in [3.63, 3.8) is 0 Å². The van der Waals surface area contributed by atoms with Crippen molar-refractivity contribution in [2.24, 2.45) is 0 Å². The maximum atomic E-state index is 2.39. The van der Waals surface area contributed by atoms with E-state index in [4.69, 9.17) is 0 Å². The first-order valence-electron chi connectivity index (χ1n) is 6.25. The van der Waals surface area contributed by atoms with Crippen LogP contribution >= 0.6 is 0 Å². The van der Waals surface area contributed by atoms with Crippen molar-refractivity contribution >= 4 is 5.69 Å². The lowest BCUT2D eigenvalue weighted by Crippen LogP contribution is -2.26. The monoisotopic (exact) mass is 217 g/mol. The average Bonchev–Trinajstić information content (AvgIpc) is 2.18. The van der Waals surface area contributed by atoms with Gasteiger partial charge in [0.2, 0.25) is 0 Å². The summed E-state index contributed by atoms with van der Waals surface area (Å²) < 4.78 is 0. The van der Waals surface area contributed by atoms with Crippen molar-refractivity contribution in [2.75, 3.05) is 18.5 Å². The van der Waals surface area contributed by atoms with Crippen LogP contribution in [0.5, 0.6) is 0 Å². The fourth-order valence-electron chi connectivity index (χ4n) is 2.84. The van der Waals surface area contributed by atoms with Crippen LogP contribution in [0.2, 0.25) is 0 Å². The van der Waals surface area contributed by atoms with Crippen LogP contribution in [0.15, 0.2) is 12.1 Å². The standard InChI is InChI=1S/C15H23N/c1-11-12-7-6-10-16(5)14(12)9-8-13(11)15(2,3)4/h8-9H,6-7,10H2,1-5H3. The maximum Gasteiger partial charge on any atom is 0.0399 e. The van der Waals surface area contributed by atoms with E-state index in [1.54, 1.807) is 5.56 Å². The molecule has 88 valence electrons. The first-order valence-corrected chi connectivity index (χ1v) is 6.25. The van der Waals surface area contributed by atoms with Crippen molar-refractivity contribution in [3.05, 3.63) is 28.8 Å². The number of hydrogen-bond acceptors (Lipinski definition) is 1. The van der Waals surface area contributed by atoms with Crippen LogP contribution in [0.1, 0.15) is 43.9 Å². The van der Waals surface area contributed by atoms with Gasteiger partial charge < -0.3 is 4.90 Å². The summed E-state index contributed by atoms with van der Waals surface area (Å²) in [5, 5.41) is 0. The normalized spacial score (nSPS) is 16.2. The van der Waals surface area contributed by atoms with E-state index >= 15 is 0 Å². The molecular weight excluding hydrogens is 194 g/mol. The smallest absolute Gasteiger partial charge is 0.0399 e. The Balaban J connectivity index is 2.55. The molecule has 0 unspecified atom stereocenters. The number of rotatable bonds is 0. The Morgan fingerprint density at radius 1 is 1.19 bits per heavy atom. The lowest BCUT2D eigenvalue weighted by molar-refractivity contribution is 0.583. The fraction of sp³-hybridized carbons (Fsp3) is 0.600. The summed E-state index contributed by atoms with van der Waals surface area (Å²) in [4.78, 5) is 2.39. The minimum Gasteiger partial charge on any atom is -0.374 e. The van der Waals surface area contributed by atoms with E-state index in [1.165, 1.54) is 36.2 Å². The molecule has 0 bridgehead atoms. The van der Waals surface area contributed by atoms with Gasteiger partial charge in [-0.05, 0) is 47.9 Å². The molecule has 0 aliphatic carbocycles. The zero-order valence-corrected chi connectivity index (χ0v) is 11.2. The van der Waals surface area contributed by atoms with Gasteiger partial charge in [-0.2, -0.15) is 0 Å². The third-order valence-corrected chi connectivity index (χ3v) is 3.71. The summed E-state index contributed by atoms with van der Waals surface area (Å²) in [6, 6.07) is 4.62. The van der Waals surface area contributed by atoms with E-state index in [2.05, 4.69) is 51.8 Å². The molecule has 2 rings (SSSR count). The molecular formula is C15H23N. The summed E-state index contributed by atoms with van der Waals surface area (Å²) in [7, 11) is 2.20. The van der Waals surface area contributed by atoms with Crippen LogP contribution in [0, 0.1) is 6.92 Å². The number of hydrogen-bond donors (Lipinski definition) is 0. The Labute approximate surface area is 99.5 Å². The highest BCUT2D eigenvalue weighted by atomic mass is 15.1. The van der Waals surface area contributed by atoms with Gasteiger partial charge in [-0.3, -0.25) is 0 Å². The van der Waals surface area contributed by atoms with Gasteiger partial charge in [-0.15, -0.1) is 0 Å². The molecule has 1 heteroatoms. The highest BCUT2D eigenvalue weighted by Gasteiger charge is 2.22. The summed E-state index contributed by atoms with van der Waals surface area (Å²) in [6.45, 7) is 10.4. The Kier molecular flexibility index (Phi) is 2.73. The van der Waals surface area contributed by atoms with Gasteiger partial charge in [0.25, 0.3) is 0 Å². The molecule has 1 aliphatic rings. The van der Waals surface area contributed by atoms with Crippen LogP contribution in [0.3, 0.4) is 0 Å². The van der Waals surface area contributed by atoms with E-state index in [1.807, 2.05) is 0 Å². The Bertz CT molecular complexity index is 399. The van der Waals surface area contributed by atoms with Crippen LogP contribution in [-0.2, 0) is 11.8 Å². The van der Waals surface area contributed by atoms with Crippen molar-refractivity contribution in [1.29, 1.82) is 0 Å².